The van der Waals surface area contributed by atoms with Gasteiger partial charge in [0, 0.05) is 17.9 Å². The summed E-state index contributed by atoms with van der Waals surface area (Å²) in [4.78, 5) is 39.6. The molecule has 0 aromatic heterocycles. The average molecular weight is 438 g/mol. The molecule has 0 spiro atoms. The van der Waals surface area contributed by atoms with Gasteiger partial charge in [0.1, 0.15) is 18.7 Å². The van der Waals surface area contributed by atoms with Crippen LogP contribution < -0.4 is 16.4 Å². The zero-order valence-corrected chi connectivity index (χ0v) is 17.5. The van der Waals surface area contributed by atoms with E-state index in [4.69, 9.17) is 16.0 Å². The summed E-state index contributed by atoms with van der Waals surface area (Å²) in [6.45, 7) is 0.196. The van der Waals surface area contributed by atoms with E-state index in [0.29, 0.717) is 6.42 Å². The highest BCUT2D eigenvalue weighted by molar-refractivity contribution is 5.90. The molecule has 0 unspecified atom stereocenters. The lowest BCUT2D eigenvalue weighted by Gasteiger charge is -2.22. The van der Waals surface area contributed by atoms with Gasteiger partial charge in [0.15, 0.2) is 0 Å². The number of rotatable bonds is 12. The Bertz CT molecular complexity index is 932. The van der Waals surface area contributed by atoms with Crippen LogP contribution in [0.3, 0.4) is 0 Å². The molecule has 2 aromatic carbocycles. The molecule has 0 aliphatic rings. The van der Waals surface area contributed by atoms with E-state index in [2.05, 4.69) is 20.7 Å². The summed E-state index contributed by atoms with van der Waals surface area (Å²) in [6.07, 6.45) is -0.0360. The van der Waals surface area contributed by atoms with Gasteiger partial charge in [0.2, 0.25) is 11.8 Å². The van der Waals surface area contributed by atoms with Gasteiger partial charge in [-0.2, -0.15) is 0 Å². The number of hydrogen-bond donors (Lipinski definition) is 3. The van der Waals surface area contributed by atoms with Crippen molar-refractivity contribution in [2.45, 2.75) is 38.0 Å². The van der Waals surface area contributed by atoms with Gasteiger partial charge < -0.3 is 21.1 Å². The van der Waals surface area contributed by atoms with Crippen LogP contribution in [0.25, 0.3) is 10.4 Å². The van der Waals surface area contributed by atoms with Gasteiger partial charge in [-0.3, -0.25) is 9.59 Å². The van der Waals surface area contributed by atoms with E-state index < -0.39 is 30.0 Å². The Balaban J connectivity index is 2.00. The number of nitrogens with one attached hydrogen (secondary N) is 2. The number of hydrogen-bond acceptors (Lipinski definition) is 5. The summed E-state index contributed by atoms with van der Waals surface area (Å²) in [7, 11) is 0. The Hall–Kier alpha value is -4.04. The lowest BCUT2D eigenvalue weighted by molar-refractivity contribution is -0.128. The van der Waals surface area contributed by atoms with Gasteiger partial charge in [0.25, 0.3) is 0 Å². The summed E-state index contributed by atoms with van der Waals surface area (Å²) < 4.78 is 5.18. The molecule has 168 valence electrons. The molecular weight excluding hydrogens is 412 g/mol. The second-order valence-electron chi connectivity index (χ2n) is 7.01. The minimum atomic E-state index is -0.996. The van der Waals surface area contributed by atoms with Crippen LogP contribution in [-0.2, 0) is 27.4 Å². The Morgan fingerprint density at radius 3 is 2.19 bits per heavy atom. The molecule has 0 heterocycles. The zero-order chi connectivity index (χ0) is 23.2. The third kappa shape index (κ3) is 8.76. The fourth-order valence-corrected chi connectivity index (χ4v) is 2.93. The van der Waals surface area contributed by atoms with Gasteiger partial charge in [-0.05, 0) is 29.5 Å². The summed E-state index contributed by atoms with van der Waals surface area (Å²) in [5.74, 6) is -1.27. The standard InChI is InChI=1S/C22H26N6O4/c23-20(29)19(14-16-8-3-1-4-9-16)26-21(30)18(12-7-13-25-28-24)27-22(31)32-15-17-10-5-2-6-11-17/h1-6,8-11,18-19H,7,12-15H2,(H2,23,29)(H,26,30)(H,27,31)/t18-,19-/m0/s1. The molecule has 2 rings (SSSR count). The average Bonchev–Trinajstić information content (AvgIpc) is 2.80. The second kappa shape index (κ2) is 13.3. The first-order chi connectivity index (χ1) is 15.5. The summed E-state index contributed by atoms with van der Waals surface area (Å²) in [5.41, 5.74) is 15.5. The minimum Gasteiger partial charge on any atom is -0.445 e. The van der Waals surface area contributed by atoms with Crippen LogP contribution >= 0.6 is 0 Å². The van der Waals surface area contributed by atoms with E-state index in [9.17, 15) is 14.4 Å². The van der Waals surface area contributed by atoms with E-state index in [0.717, 1.165) is 11.1 Å². The van der Waals surface area contributed by atoms with Crippen LogP contribution in [-0.4, -0.2) is 36.5 Å². The van der Waals surface area contributed by atoms with Crippen LogP contribution in [0.4, 0.5) is 4.79 Å². The highest BCUT2D eigenvalue weighted by Gasteiger charge is 2.26. The molecule has 4 N–H and O–H groups in total. The smallest absolute Gasteiger partial charge is 0.408 e. The van der Waals surface area contributed by atoms with Crippen molar-refractivity contribution in [3.8, 4) is 0 Å². The Morgan fingerprint density at radius 1 is 0.969 bits per heavy atom. The number of ether oxygens (including phenoxy) is 1. The number of nitrogens with two attached hydrogens (primary N) is 1. The predicted molar refractivity (Wildman–Crippen MR) is 118 cm³/mol. The van der Waals surface area contributed by atoms with Gasteiger partial charge in [-0.1, -0.05) is 65.8 Å². The molecule has 0 bridgehead atoms. The van der Waals surface area contributed by atoms with Crippen molar-refractivity contribution in [3.63, 3.8) is 0 Å². The zero-order valence-electron chi connectivity index (χ0n) is 17.5. The van der Waals surface area contributed by atoms with Gasteiger partial charge in [-0.25, -0.2) is 4.79 Å². The van der Waals surface area contributed by atoms with E-state index in [1.54, 1.807) is 12.1 Å². The fourth-order valence-electron chi connectivity index (χ4n) is 2.93. The molecule has 0 aliphatic heterocycles. The first kappa shape index (κ1) is 24.2. The molecule has 2 atom stereocenters. The van der Waals surface area contributed by atoms with Gasteiger partial charge in [0.05, 0.1) is 0 Å². The van der Waals surface area contributed by atoms with Crippen LogP contribution in [0, 0.1) is 0 Å². The van der Waals surface area contributed by atoms with Crippen molar-refractivity contribution in [1.29, 1.82) is 0 Å². The highest BCUT2D eigenvalue weighted by Crippen LogP contribution is 2.06. The molecule has 2 aromatic rings. The number of amides is 3. The summed E-state index contributed by atoms with van der Waals surface area (Å²) >= 11 is 0. The van der Waals surface area contributed by atoms with Crippen molar-refractivity contribution in [2.75, 3.05) is 6.54 Å². The van der Waals surface area contributed by atoms with E-state index in [1.807, 2.05) is 48.5 Å². The number of carbonyl (C=O) groups excluding carboxylic acids is 3. The number of carbonyl (C=O) groups is 3. The Kier molecular flexibility index (Phi) is 10.1. The Labute approximate surface area is 185 Å². The largest absolute Gasteiger partial charge is 0.445 e. The number of nitrogens with zero attached hydrogens (tertiary/aromatic N) is 3. The molecule has 0 fully saturated rings. The predicted octanol–water partition coefficient (Wildman–Crippen LogP) is 2.58. The molecule has 0 radical (unpaired) electrons. The molecule has 0 aliphatic carbocycles. The molecule has 10 heteroatoms. The third-order valence-corrected chi connectivity index (χ3v) is 4.58. The molecule has 10 nitrogen and oxygen atoms in total. The normalized spacial score (nSPS) is 12.0. The van der Waals surface area contributed by atoms with E-state index in [1.165, 1.54) is 0 Å². The molecule has 0 saturated carbocycles. The fraction of sp³-hybridized carbons (Fsp3) is 0.318. The topological polar surface area (TPSA) is 159 Å². The number of alkyl carbamates (subject to hydrolysis) is 1. The lowest BCUT2D eigenvalue weighted by atomic mass is 10.0. The van der Waals surface area contributed by atoms with Crippen molar-refractivity contribution in [3.05, 3.63) is 82.2 Å². The number of azide groups is 1. The number of benzene rings is 2. The summed E-state index contributed by atoms with van der Waals surface area (Å²) in [5, 5.41) is 8.54. The van der Waals surface area contributed by atoms with Crippen LogP contribution in [0.5, 0.6) is 0 Å². The van der Waals surface area contributed by atoms with E-state index in [-0.39, 0.29) is 26.0 Å². The van der Waals surface area contributed by atoms with Crippen LogP contribution in [0.15, 0.2) is 65.8 Å². The van der Waals surface area contributed by atoms with Gasteiger partial charge >= 0.3 is 6.09 Å². The highest BCUT2D eigenvalue weighted by atomic mass is 16.5. The van der Waals surface area contributed by atoms with Gasteiger partial charge in [-0.15, -0.1) is 0 Å². The molecule has 0 saturated heterocycles. The maximum Gasteiger partial charge on any atom is 0.408 e. The van der Waals surface area contributed by atoms with Crippen molar-refractivity contribution in [2.24, 2.45) is 10.8 Å². The van der Waals surface area contributed by atoms with Crippen molar-refractivity contribution in [1.82, 2.24) is 10.6 Å². The molecule has 3 amide bonds. The van der Waals surface area contributed by atoms with Crippen LogP contribution in [0.2, 0.25) is 0 Å². The lowest BCUT2D eigenvalue weighted by Crippen LogP contribution is -2.53. The molecular formula is C22H26N6O4. The maximum atomic E-state index is 12.8. The summed E-state index contributed by atoms with van der Waals surface area (Å²) in [6, 6.07) is 16.3. The van der Waals surface area contributed by atoms with Crippen molar-refractivity contribution < 1.29 is 19.1 Å². The quantitative estimate of drug-likeness (QED) is 0.201. The minimum absolute atomic E-state index is 0.0393. The molecule has 32 heavy (non-hydrogen) atoms. The van der Waals surface area contributed by atoms with E-state index >= 15 is 0 Å². The first-order valence-corrected chi connectivity index (χ1v) is 10.1. The van der Waals surface area contributed by atoms with Crippen molar-refractivity contribution >= 4 is 17.9 Å². The Morgan fingerprint density at radius 2 is 1.59 bits per heavy atom. The SMILES string of the molecule is [N-]=[N+]=NCCC[C@H](NC(=O)OCc1ccccc1)C(=O)N[C@@H](Cc1ccccc1)C(N)=O. The number of primary amides is 1. The maximum absolute atomic E-state index is 12.8. The second-order valence-corrected chi connectivity index (χ2v) is 7.01. The monoisotopic (exact) mass is 438 g/mol. The van der Waals surface area contributed by atoms with Crippen LogP contribution in [0.1, 0.15) is 24.0 Å². The third-order valence-electron chi connectivity index (χ3n) is 4.58. The first-order valence-electron chi connectivity index (χ1n) is 10.1.